The van der Waals surface area contributed by atoms with Crippen molar-refractivity contribution in [2.45, 2.75) is 12.5 Å². The van der Waals surface area contributed by atoms with Crippen molar-refractivity contribution in [2.75, 3.05) is 33.3 Å². The molecule has 0 bridgehead atoms. The number of hydrogen-bond donors (Lipinski definition) is 3. The van der Waals surface area contributed by atoms with E-state index in [0.29, 0.717) is 19.6 Å². The van der Waals surface area contributed by atoms with Gasteiger partial charge >= 0.3 is 0 Å². The smallest absolute Gasteiger partial charge is 0.239 e. The fourth-order valence-corrected chi connectivity index (χ4v) is 1.30. The molecule has 1 heterocycles. The maximum atomic E-state index is 11.3. The second-order valence-corrected chi connectivity index (χ2v) is 3.35. The van der Waals surface area contributed by atoms with E-state index >= 15 is 0 Å². The number of nitrogens with one attached hydrogen (secondary N) is 3. The molecule has 0 aromatic heterocycles. The summed E-state index contributed by atoms with van der Waals surface area (Å²) < 4.78 is 5.36. The zero-order valence-electron chi connectivity index (χ0n) is 8.84. The molecule has 3 N–H and O–H groups in total. The Morgan fingerprint density at radius 2 is 2.27 bits per heavy atom. The molecule has 1 fully saturated rings. The van der Waals surface area contributed by atoms with Crippen LogP contribution in [0.2, 0.25) is 0 Å². The fourth-order valence-electron chi connectivity index (χ4n) is 1.30. The lowest BCUT2D eigenvalue weighted by atomic mass is 10.2. The van der Waals surface area contributed by atoms with Gasteiger partial charge < -0.3 is 20.7 Å². The molecule has 0 aromatic carbocycles. The molecule has 0 saturated carbocycles. The van der Waals surface area contributed by atoms with Gasteiger partial charge in [-0.3, -0.25) is 9.59 Å². The second-order valence-electron chi connectivity index (χ2n) is 3.35. The Hall–Kier alpha value is -1.14. The normalized spacial score (nSPS) is 20.7. The Labute approximate surface area is 88.7 Å². The highest BCUT2D eigenvalue weighted by atomic mass is 16.5. The molecular weight excluding hydrogens is 198 g/mol. The molecular formula is C9H17N3O3. The van der Waals surface area contributed by atoms with Crippen molar-refractivity contribution >= 4 is 11.8 Å². The van der Waals surface area contributed by atoms with Gasteiger partial charge in [-0.05, 0) is 0 Å². The van der Waals surface area contributed by atoms with E-state index in [1.54, 1.807) is 0 Å². The summed E-state index contributed by atoms with van der Waals surface area (Å²) in [4.78, 5) is 22.2. The van der Waals surface area contributed by atoms with Gasteiger partial charge in [0.1, 0.15) is 0 Å². The van der Waals surface area contributed by atoms with Crippen molar-refractivity contribution < 1.29 is 14.3 Å². The molecule has 0 spiro atoms. The van der Waals surface area contributed by atoms with Crippen LogP contribution in [0.25, 0.3) is 0 Å². The highest BCUT2D eigenvalue weighted by Gasteiger charge is 2.17. The van der Waals surface area contributed by atoms with Crippen molar-refractivity contribution in [3.05, 3.63) is 0 Å². The Balaban J connectivity index is 2.14. The summed E-state index contributed by atoms with van der Waals surface area (Å²) in [5.74, 6) is -0.363. The van der Waals surface area contributed by atoms with Crippen molar-refractivity contribution in [1.82, 2.24) is 16.0 Å². The average Bonchev–Trinajstić information content (AvgIpc) is 2.27. The Morgan fingerprint density at radius 1 is 1.47 bits per heavy atom. The first-order valence-electron chi connectivity index (χ1n) is 5.02. The molecule has 1 unspecified atom stereocenters. The van der Waals surface area contributed by atoms with E-state index in [9.17, 15) is 9.59 Å². The summed E-state index contributed by atoms with van der Waals surface area (Å²) in [7, 11) is 1.53. The third-order valence-corrected chi connectivity index (χ3v) is 2.14. The van der Waals surface area contributed by atoms with E-state index in [0.717, 1.165) is 6.54 Å². The minimum Gasteiger partial charge on any atom is -0.375 e. The molecule has 0 radical (unpaired) electrons. The first-order chi connectivity index (χ1) is 7.22. The molecule has 6 heteroatoms. The van der Waals surface area contributed by atoms with E-state index in [-0.39, 0.29) is 24.5 Å². The number of morpholine rings is 1. The zero-order valence-corrected chi connectivity index (χ0v) is 8.84. The molecule has 2 amide bonds. The van der Waals surface area contributed by atoms with E-state index in [1.807, 2.05) is 0 Å². The summed E-state index contributed by atoms with van der Waals surface area (Å²) in [6, 6.07) is 0. The first kappa shape index (κ1) is 11.9. The van der Waals surface area contributed by atoms with Gasteiger partial charge in [0.2, 0.25) is 11.8 Å². The molecule has 1 aliphatic heterocycles. The van der Waals surface area contributed by atoms with Crippen LogP contribution in [0.5, 0.6) is 0 Å². The van der Waals surface area contributed by atoms with Crippen molar-refractivity contribution in [3.63, 3.8) is 0 Å². The third-order valence-electron chi connectivity index (χ3n) is 2.14. The first-order valence-corrected chi connectivity index (χ1v) is 5.02. The number of ether oxygens (including phenoxy) is 1. The van der Waals surface area contributed by atoms with E-state index in [1.165, 1.54) is 7.05 Å². The van der Waals surface area contributed by atoms with Crippen molar-refractivity contribution in [1.29, 1.82) is 0 Å². The van der Waals surface area contributed by atoms with Crippen LogP contribution in [0.1, 0.15) is 6.42 Å². The zero-order chi connectivity index (χ0) is 11.1. The Morgan fingerprint density at radius 3 is 2.87 bits per heavy atom. The number of hydrogen-bond acceptors (Lipinski definition) is 4. The maximum absolute atomic E-state index is 11.3. The molecule has 1 saturated heterocycles. The minimum absolute atomic E-state index is 0.0233. The monoisotopic (exact) mass is 215 g/mol. The van der Waals surface area contributed by atoms with Crippen LogP contribution in [0, 0.1) is 0 Å². The summed E-state index contributed by atoms with van der Waals surface area (Å²) in [6.45, 7) is 2.17. The molecule has 86 valence electrons. The van der Waals surface area contributed by atoms with Gasteiger partial charge in [-0.25, -0.2) is 0 Å². The SMILES string of the molecule is CNC(=O)CNC(=O)CC1CNCCO1. The van der Waals surface area contributed by atoms with Crippen molar-refractivity contribution in [2.24, 2.45) is 0 Å². The highest BCUT2D eigenvalue weighted by molar-refractivity contribution is 5.84. The lowest BCUT2D eigenvalue weighted by Crippen LogP contribution is -2.42. The standard InChI is InChI=1S/C9H17N3O3/c1-10-9(14)6-12-8(13)4-7-5-11-2-3-15-7/h7,11H,2-6H2,1H3,(H,10,14)(H,12,13). The van der Waals surface area contributed by atoms with Crippen LogP contribution in [0.15, 0.2) is 0 Å². The van der Waals surface area contributed by atoms with E-state index in [2.05, 4.69) is 16.0 Å². The minimum atomic E-state index is -0.203. The van der Waals surface area contributed by atoms with Crippen LogP contribution in [-0.4, -0.2) is 51.2 Å². The summed E-state index contributed by atoms with van der Waals surface area (Å²) in [6.07, 6.45) is 0.215. The molecule has 15 heavy (non-hydrogen) atoms. The van der Waals surface area contributed by atoms with Gasteiger partial charge in [-0.2, -0.15) is 0 Å². The molecule has 1 rings (SSSR count). The molecule has 1 atom stereocenters. The summed E-state index contributed by atoms with van der Waals surface area (Å²) in [5.41, 5.74) is 0. The van der Waals surface area contributed by atoms with Crippen LogP contribution in [0.3, 0.4) is 0 Å². The number of likely N-dealkylation sites (N-methyl/N-ethyl adjacent to an activating group) is 1. The second kappa shape index (κ2) is 6.36. The number of rotatable bonds is 4. The fraction of sp³-hybridized carbons (Fsp3) is 0.778. The highest BCUT2D eigenvalue weighted by Crippen LogP contribution is 2.00. The van der Waals surface area contributed by atoms with Gasteiger partial charge in [0.25, 0.3) is 0 Å². The molecule has 0 aromatic rings. The number of carbonyl (C=O) groups is 2. The predicted molar refractivity (Wildman–Crippen MR) is 54.3 cm³/mol. The quantitative estimate of drug-likeness (QED) is 0.518. The third kappa shape index (κ3) is 4.75. The summed E-state index contributed by atoms with van der Waals surface area (Å²) >= 11 is 0. The van der Waals surface area contributed by atoms with Gasteiger partial charge in [0.15, 0.2) is 0 Å². The summed E-state index contributed by atoms with van der Waals surface area (Å²) in [5, 5.41) is 8.08. The maximum Gasteiger partial charge on any atom is 0.239 e. The Kier molecular flexibility index (Phi) is 5.06. The molecule has 1 aliphatic rings. The predicted octanol–water partition coefficient (Wildman–Crippen LogP) is -1.77. The lowest BCUT2D eigenvalue weighted by Gasteiger charge is -2.22. The average molecular weight is 215 g/mol. The number of carbonyl (C=O) groups excluding carboxylic acids is 2. The largest absolute Gasteiger partial charge is 0.375 e. The number of amides is 2. The lowest BCUT2D eigenvalue weighted by molar-refractivity contribution is -0.128. The van der Waals surface area contributed by atoms with E-state index in [4.69, 9.17) is 4.74 Å². The van der Waals surface area contributed by atoms with Crippen LogP contribution < -0.4 is 16.0 Å². The van der Waals surface area contributed by atoms with Gasteiger partial charge in [0.05, 0.1) is 25.7 Å². The molecule has 6 nitrogen and oxygen atoms in total. The van der Waals surface area contributed by atoms with E-state index < -0.39 is 0 Å². The van der Waals surface area contributed by atoms with Crippen LogP contribution >= 0.6 is 0 Å². The van der Waals surface area contributed by atoms with Gasteiger partial charge in [-0.1, -0.05) is 0 Å². The van der Waals surface area contributed by atoms with Gasteiger partial charge in [0, 0.05) is 20.1 Å². The molecule has 0 aliphatic carbocycles. The Bertz CT molecular complexity index is 227. The van der Waals surface area contributed by atoms with Gasteiger partial charge in [-0.15, -0.1) is 0 Å². The van der Waals surface area contributed by atoms with Crippen molar-refractivity contribution in [3.8, 4) is 0 Å². The van der Waals surface area contributed by atoms with Crippen LogP contribution in [0.4, 0.5) is 0 Å². The van der Waals surface area contributed by atoms with Crippen LogP contribution in [-0.2, 0) is 14.3 Å². The topological polar surface area (TPSA) is 79.5 Å².